The third-order valence-electron chi connectivity index (χ3n) is 4.24. The molecule has 4 rings (SSSR count). The molecule has 2 N–H and O–H groups in total. The van der Waals surface area contributed by atoms with Crippen LogP contribution in [-0.2, 0) is 6.42 Å². The zero-order chi connectivity index (χ0) is 17.2. The van der Waals surface area contributed by atoms with E-state index in [4.69, 9.17) is 10.3 Å². The van der Waals surface area contributed by atoms with Gasteiger partial charge in [0.05, 0.1) is 5.69 Å². The molecule has 4 nitrogen and oxygen atoms in total. The van der Waals surface area contributed by atoms with Crippen LogP contribution in [0.1, 0.15) is 17.3 Å². The first-order valence-electron chi connectivity index (χ1n) is 8.02. The van der Waals surface area contributed by atoms with Crippen LogP contribution in [0.2, 0.25) is 0 Å². The van der Waals surface area contributed by atoms with Gasteiger partial charge < -0.3 is 10.3 Å². The summed E-state index contributed by atoms with van der Waals surface area (Å²) in [5.74, 6) is -0.345. The van der Waals surface area contributed by atoms with E-state index in [1.165, 1.54) is 6.07 Å². The fourth-order valence-corrected chi connectivity index (χ4v) is 3.00. The van der Waals surface area contributed by atoms with Gasteiger partial charge in [0, 0.05) is 29.6 Å². The molecule has 2 aromatic carbocycles. The standard InChI is InChI=1S/C20H16FN3O.ClH/c21-16-9-5-11-23-18(16)12-17(22)13-6-1-2-7-14(13)20-15-8-3-4-10-19(15)25-24-20;/h1-11,17H,12,22H2;1H. The number of pyridine rings is 1. The van der Waals surface area contributed by atoms with E-state index >= 15 is 0 Å². The summed E-state index contributed by atoms with van der Waals surface area (Å²) >= 11 is 0. The molecule has 0 amide bonds. The van der Waals surface area contributed by atoms with Gasteiger partial charge in [-0.05, 0) is 29.8 Å². The third-order valence-corrected chi connectivity index (χ3v) is 4.24. The molecule has 2 heterocycles. The van der Waals surface area contributed by atoms with Gasteiger partial charge in [-0.25, -0.2) is 4.39 Å². The second-order valence-corrected chi connectivity index (χ2v) is 5.86. The molecule has 132 valence electrons. The van der Waals surface area contributed by atoms with Gasteiger partial charge in [0.25, 0.3) is 0 Å². The van der Waals surface area contributed by atoms with Crippen molar-refractivity contribution in [2.75, 3.05) is 0 Å². The Balaban J connectivity index is 0.00000196. The number of fused-ring (bicyclic) bond motifs is 1. The molecule has 0 saturated heterocycles. The van der Waals surface area contributed by atoms with E-state index < -0.39 is 6.04 Å². The molecule has 0 bridgehead atoms. The zero-order valence-corrected chi connectivity index (χ0v) is 14.6. The van der Waals surface area contributed by atoms with Gasteiger partial charge in [0.15, 0.2) is 5.58 Å². The van der Waals surface area contributed by atoms with E-state index in [9.17, 15) is 4.39 Å². The minimum Gasteiger partial charge on any atom is -0.356 e. The zero-order valence-electron chi connectivity index (χ0n) is 13.8. The topological polar surface area (TPSA) is 64.9 Å². The normalized spacial score (nSPS) is 11.9. The van der Waals surface area contributed by atoms with Gasteiger partial charge >= 0.3 is 0 Å². The number of aromatic nitrogens is 2. The average molecular weight is 370 g/mol. The highest BCUT2D eigenvalue weighted by atomic mass is 35.5. The summed E-state index contributed by atoms with van der Waals surface area (Å²) in [4.78, 5) is 4.10. The maximum Gasteiger partial charge on any atom is 0.167 e. The molecule has 0 saturated carbocycles. The Morgan fingerprint density at radius 3 is 2.62 bits per heavy atom. The van der Waals surface area contributed by atoms with Gasteiger partial charge in [0.2, 0.25) is 0 Å². The fraction of sp³-hybridized carbons (Fsp3) is 0.100. The average Bonchev–Trinajstić information content (AvgIpc) is 3.07. The summed E-state index contributed by atoms with van der Waals surface area (Å²) in [7, 11) is 0. The third kappa shape index (κ3) is 3.31. The van der Waals surface area contributed by atoms with E-state index in [1.807, 2.05) is 48.5 Å². The van der Waals surface area contributed by atoms with Gasteiger partial charge in [-0.2, -0.15) is 0 Å². The number of benzene rings is 2. The molecule has 0 fully saturated rings. The van der Waals surface area contributed by atoms with Crippen LogP contribution < -0.4 is 5.73 Å². The molecule has 6 heteroatoms. The Morgan fingerprint density at radius 2 is 1.77 bits per heavy atom. The van der Waals surface area contributed by atoms with E-state index in [2.05, 4.69) is 10.1 Å². The lowest BCUT2D eigenvalue weighted by Crippen LogP contribution is -2.16. The van der Waals surface area contributed by atoms with Gasteiger partial charge in [-0.3, -0.25) is 4.98 Å². The Hall–Kier alpha value is -2.76. The number of rotatable bonds is 4. The van der Waals surface area contributed by atoms with Crippen LogP contribution in [0.3, 0.4) is 0 Å². The molecular formula is C20H17ClFN3O. The van der Waals surface area contributed by atoms with Crippen molar-refractivity contribution in [1.82, 2.24) is 10.1 Å². The fourth-order valence-electron chi connectivity index (χ4n) is 3.00. The molecule has 2 aromatic heterocycles. The van der Waals surface area contributed by atoms with Crippen molar-refractivity contribution in [3.63, 3.8) is 0 Å². The van der Waals surface area contributed by atoms with Crippen molar-refractivity contribution in [3.05, 3.63) is 83.9 Å². The van der Waals surface area contributed by atoms with Gasteiger partial charge in [0.1, 0.15) is 11.5 Å². The summed E-state index contributed by atoms with van der Waals surface area (Å²) in [6, 6.07) is 18.0. The second-order valence-electron chi connectivity index (χ2n) is 5.86. The van der Waals surface area contributed by atoms with Gasteiger partial charge in [-0.1, -0.05) is 41.6 Å². The van der Waals surface area contributed by atoms with E-state index in [-0.39, 0.29) is 18.2 Å². The first-order valence-corrected chi connectivity index (χ1v) is 8.02. The molecule has 26 heavy (non-hydrogen) atoms. The van der Waals surface area contributed by atoms with Crippen LogP contribution in [0.15, 0.2) is 71.4 Å². The minimum absolute atomic E-state index is 0. The number of hydrogen-bond acceptors (Lipinski definition) is 4. The van der Waals surface area contributed by atoms with E-state index in [1.54, 1.807) is 12.3 Å². The summed E-state index contributed by atoms with van der Waals surface area (Å²) < 4.78 is 19.3. The van der Waals surface area contributed by atoms with E-state index in [0.717, 1.165) is 27.8 Å². The predicted octanol–water partition coefficient (Wildman–Crippen LogP) is 4.69. The quantitative estimate of drug-likeness (QED) is 0.566. The number of nitrogens with zero attached hydrogens (tertiary/aromatic N) is 2. The van der Waals surface area contributed by atoms with Crippen molar-refractivity contribution in [1.29, 1.82) is 0 Å². The summed E-state index contributed by atoms with van der Waals surface area (Å²) in [5.41, 5.74) is 9.96. The first kappa shape index (κ1) is 18.0. The smallest absolute Gasteiger partial charge is 0.167 e. The van der Waals surface area contributed by atoms with E-state index in [0.29, 0.717) is 12.1 Å². The first-order chi connectivity index (χ1) is 12.2. The molecule has 1 unspecified atom stereocenters. The molecule has 0 aliphatic rings. The Morgan fingerprint density at radius 1 is 1.00 bits per heavy atom. The van der Waals surface area contributed by atoms with Crippen LogP contribution in [0.25, 0.3) is 22.2 Å². The van der Waals surface area contributed by atoms with Crippen LogP contribution in [0, 0.1) is 5.82 Å². The molecule has 0 spiro atoms. The maximum atomic E-state index is 13.9. The van der Waals surface area contributed by atoms with Crippen molar-refractivity contribution in [3.8, 4) is 11.3 Å². The predicted molar refractivity (Wildman–Crippen MR) is 102 cm³/mol. The summed E-state index contributed by atoms with van der Waals surface area (Å²) in [5, 5.41) is 5.14. The molecule has 0 radical (unpaired) electrons. The lowest BCUT2D eigenvalue weighted by Gasteiger charge is -2.15. The summed E-state index contributed by atoms with van der Waals surface area (Å²) in [6.07, 6.45) is 1.88. The number of para-hydroxylation sites is 1. The number of halogens is 2. The molecule has 0 aliphatic carbocycles. The molecule has 1 atom stereocenters. The molecular weight excluding hydrogens is 353 g/mol. The van der Waals surface area contributed by atoms with Crippen LogP contribution in [0.5, 0.6) is 0 Å². The Bertz CT molecular complexity index is 1030. The van der Waals surface area contributed by atoms with Crippen molar-refractivity contribution in [2.24, 2.45) is 5.73 Å². The van der Waals surface area contributed by atoms with Gasteiger partial charge in [-0.15, -0.1) is 12.4 Å². The largest absolute Gasteiger partial charge is 0.356 e. The SMILES string of the molecule is Cl.NC(Cc1ncccc1F)c1ccccc1-c1noc2ccccc12. The van der Waals surface area contributed by atoms with Crippen molar-refractivity contribution >= 4 is 23.4 Å². The van der Waals surface area contributed by atoms with Crippen molar-refractivity contribution in [2.45, 2.75) is 12.5 Å². The van der Waals surface area contributed by atoms with Crippen LogP contribution >= 0.6 is 12.4 Å². The number of nitrogens with two attached hydrogens (primary N) is 1. The highest BCUT2D eigenvalue weighted by molar-refractivity contribution is 5.92. The lowest BCUT2D eigenvalue weighted by atomic mass is 9.94. The van der Waals surface area contributed by atoms with Crippen molar-refractivity contribution < 1.29 is 8.91 Å². The highest BCUT2D eigenvalue weighted by Crippen LogP contribution is 2.33. The van der Waals surface area contributed by atoms with Crippen LogP contribution in [0.4, 0.5) is 4.39 Å². The van der Waals surface area contributed by atoms with Crippen LogP contribution in [-0.4, -0.2) is 10.1 Å². The highest BCUT2D eigenvalue weighted by Gasteiger charge is 2.18. The molecule has 4 aromatic rings. The number of hydrogen-bond donors (Lipinski definition) is 1. The Labute approximate surface area is 156 Å². The lowest BCUT2D eigenvalue weighted by molar-refractivity contribution is 0.459. The monoisotopic (exact) mass is 369 g/mol. The Kier molecular flexibility index (Phi) is 5.30. The second kappa shape index (κ2) is 7.64. The minimum atomic E-state index is -0.406. The maximum absolute atomic E-state index is 13.9. The molecule has 0 aliphatic heterocycles. The summed E-state index contributed by atoms with van der Waals surface area (Å²) in [6.45, 7) is 0.